The van der Waals surface area contributed by atoms with Crippen molar-refractivity contribution in [1.29, 1.82) is 0 Å². The highest BCUT2D eigenvalue weighted by Gasteiger charge is 2.07. The van der Waals surface area contributed by atoms with E-state index in [-0.39, 0.29) is 0 Å². The Balaban J connectivity index is 2.20. The fourth-order valence-corrected chi connectivity index (χ4v) is 2.58. The minimum atomic E-state index is 0.396. The zero-order chi connectivity index (χ0) is 13.9. The summed E-state index contributed by atoms with van der Waals surface area (Å²) in [6.07, 6.45) is 10.2. The predicted molar refractivity (Wildman–Crippen MR) is 87.0 cm³/mol. The summed E-state index contributed by atoms with van der Waals surface area (Å²) in [5.41, 5.74) is 4.30. The number of hydrogen-bond acceptors (Lipinski definition) is 2. The average molecular weight is 327 g/mol. The van der Waals surface area contributed by atoms with Gasteiger partial charge in [0, 0.05) is 10.5 Å². The molecular formula is C16H27BrN2. The van der Waals surface area contributed by atoms with Gasteiger partial charge in [0.05, 0.1) is 0 Å². The van der Waals surface area contributed by atoms with Crippen molar-refractivity contribution in [1.82, 2.24) is 5.43 Å². The zero-order valence-corrected chi connectivity index (χ0v) is 13.6. The maximum absolute atomic E-state index is 5.65. The number of benzene rings is 1. The number of halogens is 1. The molecule has 0 aromatic heterocycles. The summed E-state index contributed by atoms with van der Waals surface area (Å²) < 4.78 is 1.13. The molecular weight excluding hydrogens is 300 g/mol. The molecule has 0 aliphatic rings. The van der Waals surface area contributed by atoms with Crippen LogP contribution in [-0.2, 0) is 6.42 Å². The van der Waals surface area contributed by atoms with Crippen molar-refractivity contribution in [3.05, 3.63) is 34.3 Å². The Kier molecular flexibility index (Phi) is 9.14. The number of hydrazine groups is 1. The Morgan fingerprint density at radius 1 is 1.05 bits per heavy atom. The molecule has 1 rings (SSSR count). The summed E-state index contributed by atoms with van der Waals surface area (Å²) in [5, 5.41) is 0. The summed E-state index contributed by atoms with van der Waals surface area (Å²) in [4.78, 5) is 0. The fraction of sp³-hybridized carbons (Fsp3) is 0.625. The summed E-state index contributed by atoms with van der Waals surface area (Å²) in [7, 11) is 0. The van der Waals surface area contributed by atoms with Crippen LogP contribution in [0.25, 0.3) is 0 Å². The molecule has 1 atom stereocenters. The first-order chi connectivity index (χ1) is 9.26. The van der Waals surface area contributed by atoms with Crippen LogP contribution in [0.2, 0.25) is 0 Å². The molecule has 0 heterocycles. The molecule has 0 saturated carbocycles. The van der Waals surface area contributed by atoms with Crippen LogP contribution in [0.1, 0.15) is 57.4 Å². The van der Waals surface area contributed by atoms with E-state index in [2.05, 4.69) is 52.5 Å². The highest BCUT2D eigenvalue weighted by Crippen LogP contribution is 2.14. The molecule has 1 aromatic carbocycles. The molecule has 3 N–H and O–H groups in total. The van der Waals surface area contributed by atoms with E-state index in [1.807, 2.05) is 0 Å². The molecule has 0 radical (unpaired) electrons. The van der Waals surface area contributed by atoms with Gasteiger partial charge in [-0.3, -0.25) is 11.3 Å². The Morgan fingerprint density at radius 3 is 2.32 bits per heavy atom. The van der Waals surface area contributed by atoms with Crippen LogP contribution < -0.4 is 11.3 Å². The number of unbranched alkanes of at least 4 members (excludes halogenated alkanes) is 5. The number of nitrogens with two attached hydrogens (primary N) is 1. The van der Waals surface area contributed by atoms with Crippen LogP contribution in [0.3, 0.4) is 0 Å². The van der Waals surface area contributed by atoms with Gasteiger partial charge in [-0.05, 0) is 30.5 Å². The van der Waals surface area contributed by atoms with E-state index < -0.39 is 0 Å². The summed E-state index contributed by atoms with van der Waals surface area (Å²) >= 11 is 3.46. The largest absolute Gasteiger partial charge is 0.271 e. The van der Waals surface area contributed by atoms with Gasteiger partial charge in [-0.15, -0.1) is 0 Å². The molecule has 1 unspecified atom stereocenters. The minimum Gasteiger partial charge on any atom is -0.271 e. The second kappa shape index (κ2) is 10.4. The van der Waals surface area contributed by atoms with Crippen molar-refractivity contribution in [2.45, 2.75) is 64.3 Å². The molecule has 0 spiro atoms. The highest BCUT2D eigenvalue weighted by molar-refractivity contribution is 9.10. The first-order valence-electron chi connectivity index (χ1n) is 7.46. The van der Waals surface area contributed by atoms with E-state index in [0.29, 0.717) is 6.04 Å². The maximum Gasteiger partial charge on any atom is 0.0250 e. The topological polar surface area (TPSA) is 38.0 Å². The third-order valence-corrected chi connectivity index (χ3v) is 4.07. The molecule has 1 aromatic rings. The summed E-state index contributed by atoms with van der Waals surface area (Å²) in [6, 6.07) is 8.90. The molecule has 108 valence electrons. The van der Waals surface area contributed by atoms with Gasteiger partial charge in [-0.25, -0.2) is 0 Å². The first-order valence-corrected chi connectivity index (χ1v) is 8.26. The SMILES string of the molecule is CCCCCCCCC(Cc1ccc(Br)cc1)NN. The minimum absolute atomic E-state index is 0.396. The van der Waals surface area contributed by atoms with Crippen molar-refractivity contribution in [2.24, 2.45) is 5.84 Å². The van der Waals surface area contributed by atoms with Crippen LogP contribution in [0.5, 0.6) is 0 Å². The molecule has 0 amide bonds. The lowest BCUT2D eigenvalue weighted by Gasteiger charge is -2.16. The van der Waals surface area contributed by atoms with Gasteiger partial charge in [0.15, 0.2) is 0 Å². The van der Waals surface area contributed by atoms with E-state index >= 15 is 0 Å². The number of rotatable bonds is 10. The second-order valence-corrected chi connectivity index (χ2v) is 6.17. The molecule has 0 fully saturated rings. The van der Waals surface area contributed by atoms with E-state index in [9.17, 15) is 0 Å². The third-order valence-electron chi connectivity index (χ3n) is 3.54. The predicted octanol–water partition coefficient (Wildman–Crippen LogP) is 4.57. The summed E-state index contributed by atoms with van der Waals surface area (Å²) in [5.74, 6) is 5.65. The molecule has 0 aliphatic heterocycles. The Morgan fingerprint density at radius 2 is 1.68 bits per heavy atom. The number of hydrogen-bond donors (Lipinski definition) is 2. The van der Waals surface area contributed by atoms with Gasteiger partial charge in [0.25, 0.3) is 0 Å². The van der Waals surface area contributed by atoms with Crippen LogP contribution in [-0.4, -0.2) is 6.04 Å². The lowest BCUT2D eigenvalue weighted by molar-refractivity contribution is 0.459. The van der Waals surface area contributed by atoms with Gasteiger partial charge in [0.2, 0.25) is 0 Å². The van der Waals surface area contributed by atoms with Crippen molar-refractivity contribution in [2.75, 3.05) is 0 Å². The van der Waals surface area contributed by atoms with Crippen LogP contribution >= 0.6 is 15.9 Å². The zero-order valence-electron chi connectivity index (χ0n) is 12.0. The lowest BCUT2D eigenvalue weighted by Crippen LogP contribution is -2.36. The van der Waals surface area contributed by atoms with Gasteiger partial charge in [-0.1, -0.05) is 73.5 Å². The van der Waals surface area contributed by atoms with E-state index in [4.69, 9.17) is 5.84 Å². The third kappa shape index (κ3) is 7.71. The van der Waals surface area contributed by atoms with E-state index in [1.54, 1.807) is 0 Å². The van der Waals surface area contributed by atoms with Crippen LogP contribution in [0.15, 0.2) is 28.7 Å². The van der Waals surface area contributed by atoms with Gasteiger partial charge in [-0.2, -0.15) is 0 Å². The molecule has 0 saturated heterocycles. The Bertz CT molecular complexity index is 324. The second-order valence-electron chi connectivity index (χ2n) is 5.25. The van der Waals surface area contributed by atoms with Crippen molar-refractivity contribution in [3.8, 4) is 0 Å². The molecule has 19 heavy (non-hydrogen) atoms. The van der Waals surface area contributed by atoms with E-state index in [0.717, 1.165) is 10.9 Å². The molecule has 2 nitrogen and oxygen atoms in total. The standard InChI is InChI=1S/C16H27BrN2/c1-2-3-4-5-6-7-8-16(19-18)13-14-9-11-15(17)12-10-14/h9-12,16,19H,2-8,13,18H2,1H3. The maximum atomic E-state index is 5.65. The normalized spacial score (nSPS) is 12.6. The van der Waals surface area contributed by atoms with E-state index in [1.165, 1.54) is 50.5 Å². The summed E-state index contributed by atoms with van der Waals surface area (Å²) in [6.45, 7) is 2.26. The van der Waals surface area contributed by atoms with Crippen molar-refractivity contribution in [3.63, 3.8) is 0 Å². The Hall–Kier alpha value is -0.380. The molecule has 3 heteroatoms. The molecule has 0 aliphatic carbocycles. The monoisotopic (exact) mass is 326 g/mol. The lowest BCUT2D eigenvalue weighted by atomic mass is 10.0. The van der Waals surface area contributed by atoms with Crippen LogP contribution in [0, 0.1) is 0 Å². The van der Waals surface area contributed by atoms with Gasteiger partial charge < -0.3 is 0 Å². The highest BCUT2D eigenvalue weighted by atomic mass is 79.9. The first kappa shape index (κ1) is 16.7. The number of nitrogens with one attached hydrogen (secondary N) is 1. The van der Waals surface area contributed by atoms with Crippen molar-refractivity contribution >= 4 is 15.9 Å². The van der Waals surface area contributed by atoms with Crippen molar-refractivity contribution < 1.29 is 0 Å². The smallest absolute Gasteiger partial charge is 0.0250 e. The quantitative estimate of drug-likeness (QED) is 0.375. The Labute approximate surface area is 126 Å². The van der Waals surface area contributed by atoms with Crippen LogP contribution in [0.4, 0.5) is 0 Å². The molecule has 0 bridgehead atoms. The van der Waals surface area contributed by atoms with Gasteiger partial charge >= 0.3 is 0 Å². The fourth-order valence-electron chi connectivity index (χ4n) is 2.32. The van der Waals surface area contributed by atoms with Gasteiger partial charge in [0.1, 0.15) is 0 Å². The average Bonchev–Trinajstić information content (AvgIpc) is 2.43.